The fraction of sp³-hybridized carbons (Fsp3) is 0.462. The van der Waals surface area contributed by atoms with Crippen LogP contribution in [0.5, 0.6) is 0 Å². The Bertz CT molecular complexity index is 350. The van der Waals surface area contributed by atoms with Gasteiger partial charge in [-0.25, -0.2) is 0 Å². The van der Waals surface area contributed by atoms with Crippen LogP contribution in [0, 0.1) is 5.92 Å². The Labute approximate surface area is 95.7 Å². The molecule has 1 atom stereocenters. The molecule has 1 N–H and O–H groups in total. The Morgan fingerprint density at radius 2 is 2.06 bits per heavy atom. The van der Waals surface area contributed by atoms with E-state index in [1.807, 2.05) is 23.1 Å². The Morgan fingerprint density at radius 3 is 2.69 bits per heavy atom. The fourth-order valence-electron chi connectivity index (χ4n) is 2.10. The highest BCUT2D eigenvalue weighted by Crippen LogP contribution is 2.17. The van der Waals surface area contributed by atoms with E-state index in [1.165, 1.54) is 5.56 Å². The van der Waals surface area contributed by atoms with Crippen LogP contribution in [0.25, 0.3) is 0 Å². The number of amides is 1. The zero-order chi connectivity index (χ0) is 11.4. The van der Waals surface area contributed by atoms with E-state index >= 15 is 0 Å². The third-order valence-corrected chi connectivity index (χ3v) is 3.07. The minimum absolute atomic E-state index is 0.119. The Morgan fingerprint density at radius 1 is 1.31 bits per heavy atom. The number of nitrogens with zero attached hydrogens (tertiary/aromatic N) is 1. The Hall–Kier alpha value is -1.35. The smallest absolute Gasteiger partial charge is 0.223 e. The number of likely N-dealkylation sites (tertiary alicyclic amines) is 1. The first-order valence-electron chi connectivity index (χ1n) is 5.72. The van der Waals surface area contributed by atoms with Crippen molar-refractivity contribution in [1.82, 2.24) is 4.90 Å². The molecule has 2 rings (SSSR count). The second-order valence-electron chi connectivity index (χ2n) is 4.33. The average molecular weight is 219 g/mol. The van der Waals surface area contributed by atoms with Crippen molar-refractivity contribution >= 4 is 5.91 Å². The lowest BCUT2D eigenvalue weighted by molar-refractivity contribution is -0.127. The monoisotopic (exact) mass is 219 g/mol. The molecule has 0 radical (unpaired) electrons. The summed E-state index contributed by atoms with van der Waals surface area (Å²) in [6.07, 6.45) is 1.40. The van der Waals surface area contributed by atoms with E-state index < -0.39 is 0 Å². The molecular formula is C13H17NO2. The standard InChI is InChI=1S/C13H17NO2/c15-10-12-8-13(16)14(9-12)7-6-11-4-2-1-3-5-11/h1-5,12,15H,6-10H2/t12-/m0/s1. The van der Waals surface area contributed by atoms with E-state index in [0.29, 0.717) is 13.0 Å². The van der Waals surface area contributed by atoms with Gasteiger partial charge in [0.1, 0.15) is 0 Å². The molecule has 0 aromatic heterocycles. The van der Waals surface area contributed by atoms with Crippen LogP contribution in [0.1, 0.15) is 12.0 Å². The van der Waals surface area contributed by atoms with Crippen molar-refractivity contribution in [3.05, 3.63) is 35.9 Å². The lowest BCUT2D eigenvalue weighted by atomic mass is 10.1. The minimum atomic E-state index is 0.119. The molecule has 0 aliphatic carbocycles. The van der Waals surface area contributed by atoms with E-state index in [4.69, 9.17) is 5.11 Å². The lowest BCUT2D eigenvalue weighted by Gasteiger charge is -2.16. The summed E-state index contributed by atoms with van der Waals surface area (Å²) in [6.45, 7) is 1.59. The van der Waals surface area contributed by atoms with Crippen molar-refractivity contribution < 1.29 is 9.90 Å². The molecule has 1 aromatic rings. The third-order valence-electron chi connectivity index (χ3n) is 3.07. The van der Waals surface area contributed by atoms with Crippen molar-refractivity contribution in [2.45, 2.75) is 12.8 Å². The van der Waals surface area contributed by atoms with Crippen molar-refractivity contribution in [2.24, 2.45) is 5.92 Å². The second kappa shape index (κ2) is 5.12. The zero-order valence-corrected chi connectivity index (χ0v) is 9.30. The number of aliphatic hydroxyl groups excluding tert-OH is 1. The molecule has 1 fully saturated rings. The maximum atomic E-state index is 11.6. The number of rotatable bonds is 4. The van der Waals surface area contributed by atoms with Gasteiger partial charge in [0.05, 0.1) is 0 Å². The Balaban J connectivity index is 1.85. The first-order chi connectivity index (χ1) is 7.79. The maximum absolute atomic E-state index is 11.6. The number of benzene rings is 1. The van der Waals surface area contributed by atoms with Gasteiger partial charge in [-0.05, 0) is 12.0 Å². The van der Waals surface area contributed by atoms with Gasteiger partial charge in [0.15, 0.2) is 0 Å². The molecule has 86 valence electrons. The van der Waals surface area contributed by atoms with Crippen LogP contribution in [-0.4, -0.2) is 35.6 Å². The highest BCUT2D eigenvalue weighted by molar-refractivity contribution is 5.78. The predicted molar refractivity (Wildman–Crippen MR) is 61.9 cm³/mol. The number of hydrogen-bond donors (Lipinski definition) is 1. The van der Waals surface area contributed by atoms with E-state index in [-0.39, 0.29) is 18.4 Å². The summed E-state index contributed by atoms with van der Waals surface area (Å²) in [5, 5.41) is 9.01. The van der Waals surface area contributed by atoms with Gasteiger partial charge in [0, 0.05) is 32.0 Å². The minimum Gasteiger partial charge on any atom is -0.396 e. The number of aliphatic hydroxyl groups is 1. The summed E-state index contributed by atoms with van der Waals surface area (Å²) >= 11 is 0. The van der Waals surface area contributed by atoms with E-state index in [2.05, 4.69) is 12.1 Å². The van der Waals surface area contributed by atoms with E-state index in [1.54, 1.807) is 0 Å². The fourth-order valence-corrected chi connectivity index (χ4v) is 2.10. The lowest BCUT2D eigenvalue weighted by Crippen LogP contribution is -2.27. The van der Waals surface area contributed by atoms with Gasteiger partial charge < -0.3 is 10.0 Å². The summed E-state index contributed by atoms with van der Waals surface area (Å²) in [7, 11) is 0. The Kier molecular flexibility index (Phi) is 3.57. The molecule has 0 spiro atoms. The average Bonchev–Trinajstić information content (AvgIpc) is 2.69. The van der Waals surface area contributed by atoms with Crippen molar-refractivity contribution in [2.75, 3.05) is 19.7 Å². The van der Waals surface area contributed by atoms with Gasteiger partial charge in [-0.2, -0.15) is 0 Å². The molecule has 1 aliphatic heterocycles. The first kappa shape index (κ1) is 11.1. The highest BCUT2D eigenvalue weighted by Gasteiger charge is 2.28. The first-order valence-corrected chi connectivity index (χ1v) is 5.72. The quantitative estimate of drug-likeness (QED) is 0.823. The van der Waals surface area contributed by atoms with Gasteiger partial charge in [-0.15, -0.1) is 0 Å². The maximum Gasteiger partial charge on any atom is 0.223 e. The van der Waals surface area contributed by atoms with Gasteiger partial charge >= 0.3 is 0 Å². The predicted octanol–water partition coefficient (Wildman–Crippen LogP) is 1.07. The van der Waals surface area contributed by atoms with Crippen LogP contribution in [0.15, 0.2) is 30.3 Å². The summed E-state index contributed by atoms with van der Waals surface area (Å²) < 4.78 is 0. The molecule has 3 heteroatoms. The normalized spacial score (nSPS) is 20.4. The molecule has 1 saturated heterocycles. The number of hydrogen-bond acceptors (Lipinski definition) is 2. The van der Waals surface area contributed by atoms with Crippen LogP contribution >= 0.6 is 0 Å². The molecule has 1 heterocycles. The molecule has 1 amide bonds. The molecule has 1 aliphatic rings. The second-order valence-corrected chi connectivity index (χ2v) is 4.33. The van der Waals surface area contributed by atoms with Crippen LogP contribution < -0.4 is 0 Å². The summed E-state index contributed by atoms with van der Waals surface area (Å²) in [4.78, 5) is 13.4. The molecule has 1 aromatic carbocycles. The van der Waals surface area contributed by atoms with Crippen LogP contribution in [0.4, 0.5) is 0 Å². The largest absolute Gasteiger partial charge is 0.396 e. The SMILES string of the molecule is O=C1C[C@H](CO)CN1CCc1ccccc1. The van der Waals surface area contributed by atoms with Crippen molar-refractivity contribution in [3.8, 4) is 0 Å². The topological polar surface area (TPSA) is 40.5 Å². The van der Waals surface area contributed by atoms with Crippen molar-refractivity contribution in [3.63, 3.8) is 0 Å². The van der Waals surface area contributed by atoms with Crippen LogP contribution in [-0.2, 0) is 11.2 Å². The molecular weight excluding hydrogens is 202 g/mol. The summed E-state index contributed by atoms with van der Waals surface area (Å²) in [5.41, 5.74) is 1.25. The third kappa shape index (κ3) is 2.61. The highest BCUT2D eigenvalue weighted by atomic mass is 16.3. The molecule has 0 bridgehead atoms. The number of carbonyl (C=O) groups excluding carboxylic acids is 1. The van der Waals surface area contributed by atoms with Crippen LogP contribution in [0.2, 0.25) is 0 Å². The number of carbonyl (C=O) groups is 1. The molecule has 0 saturated carbocycles. The summed E-state index contributed by atoms with van der Waals surface area (Å²) in [6, 6.07) is 10.2. The zero-order valence-electron chi connectivity index (χ0n) is 9.30. The van der Waals surface area contributed by atoms with Gasteiger partial charge in [0.25, 0.3) is 0 Å². The van der Waals surface area contributed by atoms with E-state index in [9.17, 15) is 4.79 Å². The van der Waals surface area contributed by atoms with Gasteiger partial charge in [-0.3, -0.25) is 4.79 Å². The molecule has 16 heavy (non-hydrogen) atoms. The van der Waals surface area contributed by atoms with Crippen molar-refractivity contribution in [1.29, 1.82) is 0 Å². The molecule has 0 unspecified atom stereocenters. The summed E-state index contributed by atoms with van der Waals surface area (Å²) in [5.74, 6) is 0.318. The van der Waals surface area contributed by atoms with Crippen LogP contribution in [0.3, 0.4) is 0 Å². The molecule has 3 nitrogen and oxygen atoms in total. The van der Waals surface area contributed by atoms with Gasteiger partial charge in [0.2, 0.25) is 5.91 Å². The van der Waals surface area contributed by atoms with Gasteiger partial charge in [-0.1, -0.05) is 30.3 Å². The van der Waals surface area contributed by atoms with E-state index in [0.717, 1.165) is 13.0 Å².